The van der Waals surface area contributed by atoms with Gasteiger partial charge in [0.05, 0.1) is 25.0 Å². The summed E-state index contributed by atoms with van der Waals surface area (Å²) in [6.07, 6.45) is 20.1. The van der Waals surface area contributed by atoms with Crippen LogP contribution in [0, 0.1) is 35.5 Å². The third kappa shape index (κ3) is 16.8. The van der Waals surface area contributed by atoms with E-state index in [2.05, 4.69) is 41.5 Å². The lowest BCUT2D eigenvalue weighted by Gasteiger charge is -2.26. The zero-order chi connectivity index (χ0) is 28.2. The number of unbranched alkanes of at least 4 members (excludes halogenated alkanes) is 4. The molecule has 4 nitrogen and oxygen atoms in total. The molecule has 0 amide bonds. The molecule has 1 rings (SSSR count). The minimum Gasteiger partial charge on any atom is -0.465 e. The summed E-state index contributed by atoms with van der Waals surface area (Å²) >= 11 is 0. The first-order valence-corrected chi connectivity index (χ1v) is 16.6. The van der Waals surface area contributed by atoms with Gasteiger partial charge in [0.2, 0.25) is 0 Å². The monoisotopic (exact) mass is 536 g/mol. The average molecular weight is 537 g/mol. The van der Waals surface area contributed by atoms with E-state index in [1.165, 1.54) is 64.2 Å². The molecule has 0 aromatic rings. The molecular weight excluding hydrogens is 472 g/mol. The second-order valence-corrected chi connectivity index (χ2v) is 13.1. The van der Waals surface area contributed by atoms with Crippen molar-refractivity contribution in [2.45, 2.75) is 157 Å². The maximum atomic E-state index is 12.5. The molecule has 1 fully saturated rings. The standard InChI is InChI=1S/C34H64O4/c1-7-15-27(3)25-29(5)17-11-9-13-23-37-33(35)31-19-21-32(22-20-31)34(36)38-24-14-10-12-18-30(6)26-28(4)16-8-2/h27-32H,7-26H2,1-6H3. The van der Waals surface area contributed by atoms with Gasteiger partial charge in [0.15, 0.2) is 0 Å². The number of rotatable bonds is 22. The second kappa shape index (κ2) is 21.7. The third-order valence-electron chi connectivity index (χ3n) is 8.74. The van der Waals surface area contributed by atoms with E-state index in [0.29, 0.717) is 13.2 Å². The lowest BCUT2D eigenvalue weighted by atomic mass is 9.82. The van der Waals surface area contributed by atoms with Crippen LogP contribution < -0.4 is 0 Å². The SMILES string of the molecule is CCCC(C)CC(C)CCCCCOC(=O)C1CCC(C(=O)OCCCCCC(C)CC(C)CCC)CC1. The summed E-state index contributed by atoms with van der Waals surface area (Å²) in [6, 6.07) is 0. The molecule has 1 aliphatic rings. The summed E-state index contributed by atoms with van der Waals surface area (Å²) in [5.41, 5.74) is 0. The Balaban J connectivity index is 2.04. The van der Waals surface area contributed by atoms with Crippen LogP contribution in [0.15, 0.2) is 0 Å². The normalized spacial score (nSPS) is 20.9. The van der Waals surface area contributed by atoms with Crippen LogP contribution in [0.1, 0.15) is 157 Å². The van der Waals surface area contributed by atoms with E-state index in [1.54, 1.807) is 0 Å². The van der Waals surface area contributed by atoms with Crippen molar-refractivity contribution in [2.75, 3.05) is 13.2 Å². The molecule has 0 aliphatic heterocycles. The van der Waals surface area contributed by atoms with E-state index in [-0.39, 0.29) is 23.8 Å². The molecule has 4 unspecified atom stereocenters. The highest BCUT2D eigenvalue weighted by Gasteiger charge is 2.31. The summed E-state index contributed by atoms with van der Waals surface area (Å²) < 4.78 is 11.2. The van der Waals surface area contributed by atoms with Crippen LogP contribution in [0.25, 0.3) is 0 Å². The number of carbonyl (C=O) groups is 2. The van der Waals surface area contributed by atoms with Crippen molar-refractivity contribution in [3.63, 3.8) is 0 Å². The average Bonchev–Trinajstić information content (AvgIpc) is 2.88. The van der Waals surface area contributed by atoms with Gasteiger partial charge in [0, 0.05) is 0 Å². The van der Waals surface area contributed by atoms with Gasteiger partial charge in [-0.2, -0.15) is 0 Å². The molecule has 0 aromatic heterocycles. The highest BCUT2D eigenvalue weighted by Crippen LogP contribution is 2.31. The van der Waals surface area contributed by atoms with Crippen LogP contribution in [-0.2, 0) is 19.1 Å². The fraction of sp³-hybridized carbons (Fsp3) is 0.941. The number of hydrogen-bond donors (Lipinski definition) is 0. The van der Waals surface area contributed by atoms with Gasteiger partial charge in [-0.15, -0.1) is 0 Å². The summed E-state index contributed by atoms with van der Waals surface area (Å²) in [5.74, 6) is 3.05. The molecule has 38 heavy (non-hydrogen) atoms. The number of carbonyl (C=O) groups excluding carboxylic acids is 2. The molecule has 4 heteroatoms. The quantitative estimate of drug-likeness (QED) is 0.102. The number of hydrogen-bond acceptors (Lipinski definition) is 4. The lowest BCUT2D eigenvalue weighted by Crippen LogP contribution is -2.28. The van der Waals surface area contributed by atoms with Crippen LogP contribution in [-0.4, -0.2) is 25.2 Å². The zero-order valence-corrected chi connectivity index (χ0v) is 26.2. The maximum Gasteiger partial charge on any atom is 0.308 e. The molecule has 0 saturated heterocycles. The largest absolute Gasteiger partial charge is 0.465 e. The van der Waals surface area contributed by atoms with Crippen LogP contribution in [0.2, 0.25) is 0 Å². The maximum absolute atomic E-state index is 12.5. The van der Waals surface area contributed by atoms with Crippen molar-refractivity contribution in [1.82, 2.24) is 0 Å². The summed E-state index contributed by atoms with van der Waals surface area (Å²) in [5, 5.41) is 0. The lowest BCUT2D eigenvalue weighted by molar-refractivity contribution is -0.155. The molecule has 1 aliphatic carbocycles. The predicted molar refractivity (Wildman–Crippen MR) is 160 cm³/mol. The molecule has 0 spiro atoms. The Kier molecular flexibility index (Phi) is 20.0. The van der Waals surface area contributed by atoms with Crippen molar-refractivity contribution in [1.29, 1.82) is 0 Å². The fourth-order valence-electron chi connectivity index (χ4n) is 6.52. The Morgan fingerprint density at radius 3 is 1.24 bits per heavy atom. The topological polar surface area (TPSA) is 52.6 Å². The highest BCUT2D eigenvalue weighted by atomic mass is 16.5. The first kappa shape index (κ1) is 35.0. The van der Waals surface area contributed by atoms with Crippen molar-refractivity contribution >= 4 is 11.9 Å². The van der Waals surface area contributed by atoms with E-state index in [0.717, 1.165) is 75.0 Å². The van der Waals surface area contributed by atoms with Crippen molar-refractivity contribution in [3.05, 3.63) is 0 Å². The predicted octanol–water partition coefficient (Wildman–Crippen LogP) is 9.92. The van der Waals surface area contributed by atoms with Crippen LogP contribution in [0.3, 0.4) is 0 Å². The highest BCUT2D eigenvalue weighted by molar-refractivity contribution is 5.75. The molecule has 0 radical (unpaired) electrons. The van der Waals surface area contributed by atoms with Crippen molar-refractivity contribution in [2.24, 2.45) is 35.5 Å². The van der Waals surface area contributed by atoms with Gasteiger partial charge in [-0.1, -0.05) is 106 Å². The first-order chi connectivity index (χ1) is 18.3. The van der Waals surface area contributed by atoms with Gasteiger partial charge in [0.25, 0.3) is 0 Å². The zero-order valence-electron chi connectivity index (χ0n) is 26.2. The second-order valence-electron chi connectivity index (χ2n) is 13.1. The molecule has 0 aromatic carbocycles. The first-order valence-electron chi connectivity index (χ1n) is 16.6. The molecular formula is C34H64O4. The molecule has 224 valence electrons. The number of esters is 2. The van der Waals surface area contributed by atoms with Gasteiger partial charge in [-0.3, -0.25) is 9.59 Å². The molecule has 1 saturated carbocycles. The molecule has 4 atom stereocenters. The Morgan fingerprint density at radius 1 is 0.553 bits per heavy atom. The van der Waals surface area contributed by atoms with Gasteiger partial charge < -0.3 is 9.47 Å². The fourth-order valence-corrected chi connectivity index (χ4v) is 6.52. The summed E-state index contributed by atoms with van der Waals surface area (Å²) in [4.78, 5) is 24.9. The minimum absolute atomic E-state index is 0.0406. The summed E-state index contributed by atoms with van der Waals surface area (Å²) in [7, 11) is 0. The Morgan fingerprint density at radius 2 is 0.895 bits per heavy atom. The molecule has 0 N–H and O–H groups in total. The third-order valence-corrected chi connectivity index (χ3v) is 8.74. The van der Waals surface area contributed by atoms with E-state index in [9.17, 15) is 9.59 Å². The van der Waals surface area contributed by atoms with Crippen molar-refractivity contribution in [3.8, 4) is 0 Å². The van der Waals surface area contributed by atoms with Gasteiger partial charge in [-0.25, -0.2) is 0 Å². The van der Waals surface area contributed by atoms with E-state index in [4.69, 9.17) is 9.47 Å². The van der Waals surface area contributed by atoms with Crippen molar-refractivity contribution < 1.29 is 19.1 Å². The van der Waals surface area contributed by atoms with Crippen LogP contribution >= 0.6 is 0 Å². The number of ether oxygens (including phenoxy) is 2. The van der Waals surface area contributed by atoms with Crippen LogP contribution in [0.5, 0.6) is 0 Å². The molecule has 0 bridgehead atoms. The molecule has 0 heterocycles. The van der Waals surface area contributed by atoms with Gasteiger partial charge >= 0.3 is 11.9 Å². The smallest absolute Gasteiger partial charge is 0.308 e. The van der Waals surface area contributed by atoms with E-state index in [1.807, 2.05) is 0 Å². The summed E-state index contributed by atoms with van der Waals surface area (Å²) in [6.45, 7) is 15.1. The van der Waals surface area contributed by atoms with Gasteiger partial charge in [0.1, 0.15) is 0 Å². The Hall–Kier alpha value is -1.06. The van der Waals surface area contributed by atoms with E-state index < -0.39 is 0 Å². The van der Waals surface area contributed by atoms with E-state index >= 15 is 0 Å². The Bertz CT molecular complexity index is 543. The Labute approximate surface area is 236 Å². The minimum atomic E-state index is -0.0584. The van der Waals surface area contributed by atoms with Gasteiger partial charge in [-0.05, 0) is 75.0 Å². The van der Waals surface area contributed by atoms with Crippen LogP contribution in [0.4, 0.5) is 0 Å².